The van der Waals surface area contributed by atoms with Crippen LogP contribution in [0.1, 0.15) is 13.8 Å². The van der Waals surface area contributed by atoms with Gasteiger partial charge in [-0.05, 0) is 19.9 Å². The molecule has 0 aromatic carbocycles. The predicted molar refractivity (Wildman–Crippen MR) is 44.2 cm³/mol. The van der Waals surface area contributed by atoms with Gasteiger partial charge in [0.05, 0.1) is 6.21 Å². The Bertz CT molecular complexity index is 240. The lowest BCUT2D eigenvalue weighted by Gasteiger charge is -2.08. The molecule has 0 rings (SSSR count). The summed E-state index contributed by atoms with van der Waals surface area (Å²) >= 11 is 0. The molecule has 0 radical (unpaired) electrons. The Kier molecular flexibility index (Phi) is 4.23. The van der Waals surface area contributed by atoms with Crippen molar-refractivity contribution in [2.45, 2.75) is 20.2 Å². The molecule has 0 N–H and O–H groups in total. The third-order valence-corrected chi connectivity index (χ3v) is 0.930. The van der Waals surface area contributed by atoms with Crippen molar-refractivity contribution in [1.82, 2.24) is 0 Å². The summed E-state index contributed by atoms with van der Waals surface area (Å²) in [4.78, 5) is 3.57. The quantitative estimate of drug-likeness (QED) is 0.498. The Morgan fingerprint density at radius 2 is 2.00 bits per heavy atom. The normalized spacial score (nSPS) is 13.5. The van der Waals surface area contributed by atoms with Gasteiger partial charge in [-0.15, -0.1) is 13.2 Å². The molecule has 5 heteroatoms. The van der Waals surface area contributed by atoms with Crippen LogP contribution >= 0.6 is 0 Å². The second kappa shape index (κ2) is 4.69. The Hall–Kier alpha value is -1.26. The molecule has 0 aromatic rings. The van der Waals surface area contributed by atoms with E-state index in [-0.39, 0.29) is 5.76 Å². The van der Waals surface area contributed by atoms with Crippen molar-refractivity contribution in [3.63, 3.8) is 0 Å². The largest absolute Gasteiger partial charge is 0.573 e. The van der Waals surface area contributed by atoms with Crippen LogP contribution < -0.4 is 0 Å². The van der Waals surface area contributed by atoms with E-state index < -0.39 is 6.36 Å². The number of rotatable bonds is 3. The van der Waals surface area contributed by atoms with Crippen molar-refractivity contribution in [1.29, 1.82) is 0 Å². The molecule has 0 spiro atoms. The van der Waals surface area contributed by atoms with Crippen LogP contribution in [0.3, 0.4) is 0 Å². The van der Waals surface area contributed by atoms with Crippen molar-refractivity contribution in [2.24, 2.45) is 4.99 Å². The van der Waals surface area contributed by atoms with Gasteiger partial charge in [0.25, 0.3) is 0 Å². The van der Waals surface area contributed by atoms with Gasteiger partial charge in [-0.1, -0.05) is 6.58 Å². The SMILES string of the molecule is C=C(C)/N=C\C(=C/C)OC(F)(F)F. The van der Waals surface area contributed by atoms with E-state index in [9.17, 15) is 13.2 Å². The first-order valence-corrected chi connectivity index (χ1v) is 3.47. The lowest BCUT2D eigenvalue weighted by molar-refractivity contribution is -0.301. The van der Waals surface area contributed by atoms with Gasteiger partial charge in [0.15, 0.2) is 0 Å². The summed E-state index contributed by atoms with van der Waals surface area (Å²) in [6.07, 6.45) is -2.54. The highest BCUT2D eigenvalue weighted by atomic mass is 19.4. The summed E-state index contributed by atoms with van der Waals surface area (Å²) in [5, 5.41) is 0. The second-order valence-corrected chi connectivity index (χ2v) is 2.23. The van der Waals surface area contributed by atoms with Gasteiger partial charge in [0.1, 0.15) is 5.76 Å². The zero-order valence-corrected chi connectivity index (χ0v) is 7.35. The van der Waals surface area contributed by atoms with E-state index in [1.54, 1.807) is 6.92 Å². The average Bonchev–Trinajstić information content (AvgIpc) is 1.95. The molecule has 0 aliphatic carbocycles. The minimum absolute atomic E-state index is 0.351. The molecule has 0 atom stereocenters. The van der Waals surface area contributed by atoms with Crippen LogP contribution in [-0.2, 0) is 4.74 Å². The molecule has 0 aromatic heterocycles. The van der Waals surface area contributed by atoms with Crippen LogP contribution in [-0.4, -0.2) is 12.6 Å². The van der Waals surface area contributed by atoms with Crippen molar-refractivity contribution < 1.29 is 17.9 Å². The Morgan fingerprint density at radius 3 is 2.31 bits per heavy atom. The van der Waals surface area contributed by atoms with E-state index in [0.29, 0.717) is 5.70 Å². The maximum Gasteiger partial charge on any atom is 0.573 e. The molecule has 0 heterocycles. The minimum Gasteiger partial charge on any atom is -0.404 e. The van der Waals surface area contributed by atoms with Crippen LogP contribution in [0.5, 0.6) is 0 Å². The van der Waals surface area contributed by atoms with Crippen LogP contribution in [0.2, 0.25) is 0 Å². The highest BCUT2D eigenvalue weighted by molar-refractivity contribution is 5.76. The molecule has 13 heavy (non-hydrogen) atoms. The highest BCUT2D eigenvalue weighted by Gasteiger charge is 2.31. The molecular formula is C8H10F3NO. The minimum atomic E-state index is -4.68. The molecular weight excluding hydrogens is 183 g/mol. The third-order valence-electron chi connectivity index (χ3n) is 0.930. The van der Waals surface area contributed by atoms with Crippen LogP contribution in [0, 0.1) is 0 Å². The maximum atomic E-state index is 11.7. The summed E-state index contributed by atoms with van der Waals surface area (Å²) in [5.74, 6) is -0.351. The number of allylic oxidation sites excluding steroid dienone is 3. The zero-order valence-electron chi connectivity index (χ0n) is 7.35. The van der Waals surface area contributed by atoms with Crippen LogP contribution in [0.15, 0.2) is 29.1 Å². The monoisotopic (exact) mass is 193 g/mol. The lowest BCUT2D eigenvalue weighted by atomic mass is 10.5. The van der Waals surface area contributed by atoms with Gasteiger partial charge in [0, 0.05) is 5.70 Å². The first kappa shape index (κ1) is 11.7. The standard InChI is InChI=1S/C8H10F3NO/c1-4-7(5-12-6(2)3)13-8(9,10)11/h4-5H,2H2,1,3H3/b7-4+,12-5-. The molecule has 0 amide bonds. The number of hydrogen-bond donors (Lipinski definition) is 0. The summed E-state index contributed by atoms with van der Waals surface area (Å²) in [6, 6.07) is 0. The van der Waals surface area contributed by atoms with E-state index in [1.807, 2.05) is 0 Å². The Morgan fingerprint density at radius 1 is 1.46 bits per heavy atom. The Labute approximate surface area is 74.4 Å². The number of nitrogens with zero attached hydrogens (tertiary/aromatic N) is 1. The van der Waals surface area contributed by atoms with E-state index >= 15 is 0 Å². The Balaban J connectivity index is 4.31. The number of ether oxygens (including phenoxy) is 1. The van der Waals surface area contributed by atoms with Gasteiger partial charge in [-0.2, -0.15) is 0 Å². The molecule has 0 aliphatic rings. The van der Waals surface area contributed by atoms with Gasteiger partial charge < -0.3 is 4.74 Å². The van der Waals surface area contributed by atoms with Gasteiger partial charge in [0.2, 0.25) is 0 Å². The number of halogens is 3. The molecule has 0 aliphatic heterocycles. The average molecular weight is 193 g/mol. The first-order valence-electron chi connectivity index (χ1n) is 3.47. The molecule has 0 bridgehead atoms. The smallest absolute Gasteiger partial charge is 0.404 e. The molecule has 0 saturated carbocycles. The summed E-state index contributed by atoms with van der Waals surface area (Å²) in [7, 11) is 0. The fraction of sp³-hybridized carbons (Fsp3) is 0.375. The predicted octanol–water partition coefficient (Wildman–Crippen LogP) is 3.03. The first-order chi connectivity index (χ1) is 5.85. The highest BCUT2D eigenvalue weighted by Crippen LogP contribution is 2.19. The van der Waals surface area contributed by atoms with Crippen molar-refractivity contribution in [2.75, 3.05) is 0 Å². The fourth-order valence-electron chi connectivity index (χ4n) is 0.467. The molecule has 0 saturated heterocycles. The van der Waals surface area contributed by atoms with E-state index in [1.165, 1.54) is 13.0 Å². The summed E-state index contributed by atoms with van der Waals surface area (Å²) < 4.78 is 38.6. The van der Waals surface area contributed by atoms with E-state index in [0.717, 1.165) is 6.21 Å². The lowest BCUT2D eigenvalue weighted by Crippen LogP contribution is -2.13. The molecule has 0 fully saturated rings. The number of aliphatic imine (C=N–C) groups is 1. The maximum absolute atomic E-state index is 11.7. The molecule has 2 nitrogen and oxygen atoms in total. The van der Waals surface area contributed by atoms with Gasteiger partial charge in [-0.25, -0.2) is 0 Å². The third kappa shape index (κ3) is 7.11. The molecule has 0 unspecified atom stereocenters. The summed E-state index contributed by atoms with van der Waals surface area (Å²) in [6.45, 7) is 6.38. The van der Waals surface area contributed by atoms with E-state index in [2.05, 4.69) is 16.3 Å². The van der Waals surface area contributed by atoms with Gasteiger partial charge >= 0.3 is 6.36 Å². The zero-order chi connectivity index (χ0) is 10.5. The van der Waals surface area contributed by atoms with Crippen molar-refractivity contribution >= 4 is 6.21 Å². The van der Waals surface area contributed by atoms with Crippen molar-refractivity contribution in [3.8, 4) is 0 Å². The van der Waals surface area contributed by atoms with Crippen LogP contribution in [0.25, 0.3) is 0 Å². The number of hydrogen-bond acceptors (Lipinski definition) is 2. The topological polar surface area (TPSA) is 21.6 Å². The van der Waals surface area contributed by atoms with E-state index in [4.69, 9.17) is 0 Å². The van der Waals surface area contributed by atoms with Crippen LogP contribution in [0.4, 0.5) is 13.2 Å². The molecule has 74 valence electrons. The number of alkyl halides is 3. The van der Waals surface area contributed by atoms with Crippen molar-refractivity contribution in [3.05, 3.63) is 24.1 Å². The second-order valence-electron chi connectivity index (χ2n) is 2.23. The summed E-state index contributed by atoms with van der Waals surface area (Å²) in [5.41, 5.74) is 0.408. The van der Waals surface area contributed by atoms with Gasteiger partial charge in [-0.3, -0.25) is 4.99 Å². The fourth-order valence-corrected chi connectivity index (χ4v) is 0.467.